The molecule has 2 rings (SSSR count). The fourth-order valence-corrected chi connectivity index (χ4v) is 2.03. The summed E-state index contributed by atoms with van der Waals surface area (Å²) in [6.45, 7) is 0. The molecule has 0 aliphatic rings. The molecular weight excluding hydrogens is 291 g/mol. The number of rotatable bonds is 4. The van der Waals surface area contributed by atoms with E-state index in [2.05, 4.69) is 4.74 Å². The van der Waals surface area contributed by atoms with Gasteiger partial charge in [-0.3, -0.25) is 0 Å². The summed E-state index contributed by atoms with van der Waals surface area (Å²) in [4.78, 5) is 22.6. The monoisotopic (exact) mass is 304 g/mol. The molecule has 2 aromatic carbocycles. The van der Waals surface area contributed by atoms with Gasteiger partial charge in [0.25, 0.3) is 0 Å². The maximum absolute atomic E-state index is 14.0. The Kier molecular flexibility index (Phi) is 4.41. The van der Waals surface area contributed by atoms with E-state index in [0.29, 0.717) is 5.56 Å². The van der Waals surface area contributed by atoms with Crippen molar-refractivity contribution in [3.63, 3.8) is 0 Å². The predicted molar refractivity (Wildman–Crippen MR) is 76.7 cm³/mol. The fourth-order valence-electron chi connectivity index (χ4n) is 2.03. The Labute approximate surface area is 125 Å². The summed E-state index contributed by atoms with van der Waals surface area (Å²) >= 11 is 0. The molecule has 0 bridgehead atoms. The first-order valence-corrected chi connectivity index (χ1v) is 6.27. The second-order valence-corrected chi connectivity index (χ2v) is 4.41. The molecule has 0 aliphatic heterocycles. The zero-order valence-corrected chi connectivity index (χ0v) is 11.9. The molecule has 22 heavy (non-hydrogen) atoms. The van der Waals surface area contributed by atoms with Crippen LogP contribution in [0, 0.1) is 5.82 Å². The summed E-state index contributed by atoms with van der Waals surface area (Å²) in [5, 5.41) is 9.05. The Balaban J connectivity index is 2.56. The molecule has 0 amide bonds. The highest BCUT2D eigenvalue weighted by Crippen LogP contribution is 2.30. The van der Waals surface area contributed by atoms with Gasteiger partial charge in [0.2, 0.25) is 0 Å². The van der Waals surface area contributed by atoms with E-state index in [4.69, 9.17) is 9.84 Å². The zero-order chi connectivity index (χ0) is 16.3. The lowest BCUT2D eigenvalue weighted by Crippen LogP contribution is -2.03. The van der Waals surface area contributed by atoms with Crippen LogP contribution in [0.1, 0.15) is 20.7 Å². The summed E-state index contributed by atoms with van der Waals surface area (Å²) < 4.78 is 23.6. The number of carbonyl (C=O) groups excluding carboxylic acids is 1. The summed E-state index contributed by atoms with van der Waals surface area (Å²) in [6, 6.07) is 7.98. The fraction of sp³-hybridized carbons (Fsp3) is 0.125. The lowest BCUT2D eigenvalue weighted by molar-refractivity contribution is 0.0599. The molecule has 0 radical (unpaired) electrons. The molecule has 0 saturated carbocycles. The number of carboxylic acid groups (broad SMARTS) is 1. The number of hydrogen-bond donors (Lipinski definition) is 1. The largest absolute Gasteiger partial charge is 0.496 e. The van der Waals surface area contributed by atoms with E-state index in [1.165, 1.54) is 44.6 Å². The molecule has 0 aromatic heterocycles. The summed E-state index contributed by atoms with van der Waals surface area (Å²) in [5.41, 5.74) is 0.708. The molecule has 0 spiro atoms. The van der Waals surface area contributed by atoms with Gasteiger partial charge < -0.3 is 14.6 Å². The van der Waals surface area contributed by atoms with Gasteiger partial charge in [0.1, 0.15) is 17.1 Å². The molecule has 0 aliphatic carbocycles. The predicted octanol–water partition coefficient (Wildman–Crippen LogP) is 2.99. The van der Waals surface area contributed by atoms with Gasteiger partial charge in [-0.05, 0) is 35.9 Å². The third-order valence-electron chi connectivity index (χ3n) is 3.13. The maximum atomic E-state index is 14.0. The first kappa shape index (κ1) is 15.5. The lowest BCUT2D eigenvalue weighted by Gasteiger charge is -2.10. The smallest absolute Gasteiger partial charge is 0.339 e. The minimum atomic E-state index is -1.15. The number of carboxylic acids is 1. The van der Waals surface area contributed by atoms with Gasteiger partial charge in [-0.25, -0.2) is 14.0 Å². The van der Waals surface area contributed by atoms with E-state index >= 15 is 0 Å². The number of esters is 1. The third-order valence-corrected chi connectivity index (χ3v) is 3.13. The van der Waals surface area contributed by atoms with Crippen molar-refractivity contribution in [3.05, 3.63) is 53.3 Å². The summed E-state index contributed by atoms with van der Waals surface area (Å²) in [5.74, 6) is -2.17. The highest BCUT2D eigenvalue weighted by Gasteiger charge is 2.15. The van der Waals surface area contributed by atoms with Crippen LogP contribution >= 0.6 is 0 Å². The Morgan fingerprint density at radius 3 is 2.41 bits per heavy atom. The molecule has 2 aromatic rings. The normalized spacial score (nSPS) is 10.1. The maximum Gasteiger partial charge on any atom is 0.339 e. The minimum absolute atomic E-state index is 0.0317. The van der Waals surface area contributed by atoms with Crippen LogP contribution in [0.15, 0.2) is 36.4 Å². The summed E-state index contributed by atoms with van der Waals surface area (Å²) in [6.07, 6.45) is 0. The number of aromatic carboxylic acids is 1. The van der Waals surface area contributed by atoms with Crippen molar-refractivity contribution in [2.45, 2.75) is 0 Å². The SMILES string of the molecule is COC(=O)c1ccc(F)c(-c2ccc(C(=O)O)c(OC)c2)c1. The van der Waals surface area contributed by atoms with Crippen molar-refractivity contribution in [3.8, 4) is 16.9 Å². The average molecular weight is 304 g/mol. The topological polar surface area (TPSA) is 72.8 Å². The second kappa shape index (κ2) is 6.26. The highest BCUT2D eigenvalue weighted by atomic mass is 19.1. The van der Waals surface area contributed by atoms with E-state index < -0.39 is 17.8 Å². The van der Waals surface area contributed by atoms with Crippen molar-refractivity contribution in [2.75, 3.05) is 14.2 Å². The molecule has 0 fully saturated rings. The van der Waals surface area contributed by atoms with Gasteiger partial charge in [-0.1, -0.05) is 6.07 Å². The van der Waals surface area contributed by atoms with Crippen LogP contribution in [0.4, 0.5) is 4.39 Å². The van der Waals surface area contributed by atoms with Crippen LogP contribution in [0.2, 0.25) is 0 Å². The Hall–Kier alpha value is -2.89. The number of halogens is 1. The van der Waals surface area contributed by atoms with Gasteiger partial charge in [0, 0.05) is 5.56 Å². The van der Waals surface area contributed by atoms with E-state index in [0.717, 1.165) is 6.07 Å². The number of hydrogen-bond acceptors (Lipinski definition) is 4. The lowest BCUT2D eigenvalue weighted by atomic mass is 10.0. The number of methoxy groups -OCH3 is 2. The molecule has 0 atom stereocenters. The van der Waals surface area contributed by atoms with Crippen LogP contribution in [0.5, 0.6) is 5.75 Å². The molecule has 0 unspecified atom stereocenters. The Bertz CT molecular complexity index is 739. The first-order valence-electron chi connectivity index (χ1n) is 6.27. The Morgan fingerprint density at radius 2 is 1.82 bits per heavy atom. The quantitative estimate of drug-likeness (QED) is 0.879. The van der Waals surface area contributed by atoms with Crippen LogP contribution in [0.3, 0.4) is 0 Å². The van der Waals surface area contributed by atoms with E-state index in [-0.39, 0.29) is 22.4 Å². The Morgan fingerprint density at radius 1 is 1.09 bits per heavy atom. The van der Waals surface area contributed by atoms with Crippen molar-refractivity contribution >= 4 is 11.9 Å². The molecule has 5 nitrogen and oxygen atoms in total. The molecule has 6 heteroatoms. The average Bonchev–Trinajstić information content (AvgIpc) is 2.53. The van der Waals surface area contributed by atoms with Crippen molar-refractivity contribution in [2.24, 2.45) is 0 Å². The van der Waals surface area contributed by atoms with E-state index in [1.807, 2.05) is 0 Å². The van der Waals surface area contributed by atoms with Crippen molar-refractivity contribution < 1.29 is 28.6 Å². The molecular formula is C16H13FO5. The van der Waals surface area contributed by atoms with Gasteiger partial charge in [-0.2, -0.15) is 0 Å². The number of benzene rings is 2. The molecule has 114 valence electrons. The van der Waals surface area contributed by atoms with E-state index in [9.17, 15) is 14.0 Å². The summed E-state index contributed by atoms with van der Waals surface area (Å²) in [7, 11) is 2.56. The molecule has 0 saturated heterocycles. The van der Waals surface area contributed by atoms with Gasteiger partial charge in [0.15, 0.2) is 0 Å². The minimum Gasteiger partial charge on any atom is -0.496 e. The first-order chi connectivity index (χ1) is 10.5. The van der Waals surface area contributed by atoms with Gasteiger partial charge in [0.05, 0.1) is 19.8 Å². The van der Waals surface area contributed by atoms with Gasteiger partial charge in [-0.15, -0.1) is 0 Å². The molecule has 0 heterocycles. The van der Waals surface area contributed by atoms with Crippen LogP contribution in [-0.4, -0.2) is 31.3 Å². The zero-order valence-electron chi connectivity index (χ0n) is 11.9. The number of carbonyl (C=O) groups is 2. The number of ether oxygens (including phenoxy) is 2. The van der Waals surface area contributed by atoms with Crippen LogP contribution < -0.4 is 4.74 Å². The standard InChI is InChI=1S/C16H13FO5/c1-21-14-8-9(3-5-11(14)15(18)19)12-7-10(16(20)22-2)4-6-13(12)17/h3-8H,1-2H3,(H,18,19). The van der Waals surface area contributed by atoms with Gasteiger partial charge >= 0.3 is 11.9 Å². The highest BCUT2D eigenvalue weighted by molar-refractivity contribution is 5.93. The van der Waals surface area contributed by atoms with Crippen molar-refractivity contribution in [1.82, 2.24) is 0 Å². The van der Waals surface area contributed by atoms with Crippen molar-refractivity contribution in [1.29, 1.82) is 0 Å². The molecule has 1 N–H and O–H groups in total. The van der Waals surface area contributed by atoms with Crippen LogP contribution in [-0.2, 0) is 4.74 Å². The van der Waals surface area contributed by atoms with Crippen LogP contribution in [0.25, 0.3) is 11.1 Å². The third kappa shape index (κ3) is 2.90. The van der Waals surface area contributed by atoms with E-state index in [1.54, 1.807) is 0 Å². The second-order valence-electron chi connectivity index (χ2n) is 4.41.